The summed E-state index contributed by atoms with van der Waals surface area (Å²) in [6.07, 6.45) is 3.59. The summed E-state index contributed by atoms with van der Waals surface area (Å²) in [7, 11) is 2.00. The number of hydrogen-bond donors (Lipinski definition) is 0. The molecule has 1 atom stereocenters. The highest BCUT2D eigenvalue weighted by Crippen LogP contribution is 2.25. The fourth-order valence-electron chi connectivity index (χ4n) is 3.42. The third-order valence-electron chi connectivity index (χ3n) is 5.10. The Bertz CT molecular complexity index is 969. The quantitative estimate of drug-likeness (QED) is 0.698. The van der Waals surface area contributed by atoms with E-state index in [0.29, 0.717) is 25.2 Å². The van der Waals surface area contributed by atoms with E-state index in [2.05, 4.69) is 9.88 Å². The van der Waals surface area contributed by atoms with Crippen molar-refractivity contribution in [2.45, 2.75) is 6.04 Å². The molecule has 0 spiro atoms. The highest BCUT2D eigenvalue weighted by atomic mass is 19.1. The second-order valence-electron chi connectivity index (χ2n) is 6.94. The summed E-state index contributed by atoms with van der Waals surface area (Å²) in [6.45, 7) is 1.80. The van der Waals surface area contributed by atoms with Gasteiger partial charge in [-0.25, -0.2) is 13.8 Å². The number of rotatable bonds is 3. The van der Waals surface area contributed by atoms with E-state index in [9.17, 15) is 13.6 Å². The second kappa shape index (κ2) is 7.52. The molecule has 3 aromatic rings. The Morgan fingerprint density at radius 3 is 2.32 bits per heavy atom. The minimum Gasteiger partial charge on any atom is -0.335 e. The van der Waals surface area contributed by atoms with E-state index >= 15 is 0 Å². The molecule has 144 valence electrons. The number of aromatic nitrogens is 2. The average Bonchev–Trinajstić information content (AvgIpc) is 3.19. The lowest BCUT2D eigenvalue weighted by Gasteiger charge is -2.38. The average molecular weight is 382 g/mol. The summed E-state index contributed by atoms with van der Waals surface area (Å²) < 4.78 is 28.1. The van der Waals surface area contributed by atoms with Gasteiger partial charge >= 0.3 is 0 Å². The van der Waals surface area contributed by atoms with Crippen molar-refractivity contribution in [3.63, 3.8) is 0 Å². The molecule has 1 aliphatic heterocycles. The van der Waals surface area contributed by atoms with Crippen LogP contribution < -0.4 is 0 Å². The lowest BCUT2D eigenvalue weighted by molar-refractivity contribution is 0.0540. The fraction of sp³-hybridized carbons (Fsp3) is 0.238. The first kappa shape index (κ1) is 18.3. The van der Waals surface area contributed by atoms with Crippen molar-refractivity contribution in [1.82, 2.24) is 19.4 Å². The van der Waals surface area contributed by atoms with Crippen molar-refractivity contribution < 1.29 is 13.6 Å². The Labute approximate surface area is 161 Å². The van der Waals surface area contributed by atoms with Crippen LogP contribution in [0.15, 0.2) is 61.1 Å². The normalized spacial score (nSPS) is 17.7. The molecule has 2 aromatic carbocycles. The van der Waals surface area contributed by atoms with Crippen molar-refractivity contribution >= 4 is 5.91 Å². The molecule has 28 heavy (non-hydrogen) atoms. The van der Waals surface area contributed by atoms with Gasteiger partial charge in [0.15, 0.2) is 0 Å². The predicted molar refractivity (Wildman–Crippen MR) is 101 cm³/mol. The van der Waals surface area contributed by atoms with Crippen LogP contribution in [0.25, 0.3) is 5.69 Å². The summed E-state index contributed by atoms with van der Waals surface area (Å²) in [6, 6.07) is 11.7. The molecule has 1 saturated heterocycles. The summed E-state index contributed by atoms with van der Waals surface area (Å²) in [5, 5.41) is 0. The molecule has 0 N–H and O–H groups in total. The molecule has 0 bridgehead atoms. The van der Waals surface area contributed by atoms with Crippen LogP contribution in [-0.4, -0.2) is 51.9 Å². The molecule has 1 aliphatic rings. The van der Waals surface area contributed by atoms with Crippen LogP contribution in [0, 0.1) is 11.6 Å². The Morgan fingerprint density at radius 1 is 1.00 bits per heavy atom. The first-order chi connectivity index (χ1) is 13.5. The van der Waals surface area contributed by atoms with Crippen molar-refractivity contribution in [1.29, 1.82) is 0 Å². The van der Waals surface area contributed by atoms with Gasteiger partial charge in [0, 0.05) is 37.1 Å². The number of hydrogen-bond acceptors (Lipinski definition) is 3. The number of carbonyl (C=O) groups is 1. The second-order valence-corrected chi connectivity index (χ2v) is 6.94. The van der Waals surface area contributed by atoms with Gasteiger partial charge in [0.25, 0.3) is 5.91 Å². The van der Waals surface area contributed by atoms with Gasteiger partial charge in [0.1, 0.15) is 11.6 Å². The van der Waals surface area contributed by atoms with E-state index < -0.39 is 0 Å². The SMILES string of the molecule is CN1CCN(C(=O)c2ccc(F)cc2)CC1c1cn(-c2ccc(F)cc2)cn1. The number of imidazole rings is 1. The highest BCUT2D eigenvalue weighted by Gasteiger charge is 2.30. The van der Waals surface area contributed by atoms with Gasteiger partial charge in [-0.05, 0) is 55.6 Å². The van der Waals surface area contributed by atoms with Crippen LogP contribution in [0.4, 0.5) is 8.78 Å². The molecule has 7 heteroatoms. The summed E-state index contributed by atoms with van der Waals surface area (Å²) in [4.78, 5) is 21.2. The van der Waals surface area contributed by atoms with Gasteiger partial charge in [-0.15, -0.1) is 0 Å². The maximum Gasteiger partial charge on any atom is 0.253 e. The standard InChI is InChI=1S/C21H20F2N4O/c1-25-10-11-26(21(28)15-2-4-16(22)5-3-15)13-20(25)19-12-27(14-24-19)18-8-6-17(23)7-9-18/h2-9,12,14,20H,10-11,13H2,1H3. The Morgan fingerprint density at radius 2 is 1.64 bits per heavy atom. The lowest BCUT2D eigenvalue weighted by Crippen LogP contribution is -2.49. The zero-order valence-corrected chi connectivity index (χ0v) is 15.4. The zero-order chi connectivity index (χ0) is 19.7. The summed E-state index contributed by atoms with van der Waals surface area (Å²) >= 11 is 0. The zero-order valence-electron chi connectivity index (χ0n) is 15.4. The molecule has 1 aromatic heterocycles. The third kappa shape index (κ3) is 3.66. The van der Waals surface area contributed by atoms with E-state index in [0.717, 1.165) is 11.4 Å². The van der Waals surface area contributed by atoms with Crippen LogP contribution in [0.3, 0.4) is 0 Å². The van der Waals surface area contributed by atoms with Crippen LogP contribution >= 0.6 is 0 Å². The van der Waals surface area contributed by atoms with Crippen LogP contribution in [-0.2, 0) is 0 Å². The monoisotopic (exact) mass is 382 g/mol. The molecule has 1 unspecified atom stereocenters. The topological polar surface area (TPSA) is 41.4 Å². The molecule has 2 heterocycles. The maximum absolute atomic E-state index is 13.1. The molecule has 5 nitrogen and oxygen atoms in total. The highest BCUT2D eigenvalue weighted by molar-refractivity contribution is 5.94. The van der Waals surface area contributed by atoms with E-state index in [-0.39, 0.29) is 23.6 Å². The van der Waals surface area contributed by atoms with Crippen LogP contribution in [0.1, 0.15) is 22.1 Å². The third-order valence-corrected chi connectivity index (χ3v) is 5.10. The Balaban J connectivity index is 1.53. The smallest absolute Gasteiger partial charge is 0.253 e. The van der Waals surface area contributed by atoms with Crippen LogP contribution in [0.5, 0.6) is 0 Å². The molecule has 0 saturated carbocycles. The molecule has 0 radical (unpaired) electrons. The molecule has 0 aliphatic carbocycles. The van der Waals surface area contributed by atoms with Gasteiger partial charge in [0.2, 0.25) is 0 Å². The van der Waals surface area contributed by atoms with E-state index in [4.69, 9.17) is 0 Å². The largest absolute Gasteiger partial charge is 0.335 e. The number of piperazine rings is 1. The number of halogens is 2. The van der Waals surface area contributed by atoms with Crippen molar-refractivity contribution in [3.05, 3.63) is 83.9 Å². The number of amides is 1. The maximum atomic E-state index is 13.1. The van der Waals surface area contributed by atoms with E-state index in [1.807, 2.05) is 17.8 Å². The number of likely N-dealkylation sites (N-methyl/N-ethyl adjacent to an activating group) is 1. The Kier molecular flexibility index (Phi) is 4.92. The molecule has 1 amide bonds. The van der Waals surface area contributed by atoms with Gasteiger partial charge in [0.05, 0.1) is 18.1 Å². The van der Waals surface area contributed by atoms with Gasteiger partial charge in [-0.2, -0.15) is 0 Å². The molecular weight excluding hydrogens is 362 g/mol. The summed E-state index contributed by atoms with van der Waals surface area (Å²) in [5.41, 5.74) is 2.13. The van der Waals surface area contributed by atoms with Crippen LogP contribution in [0.2, 0.25) is 0 Å². The fourth-order valence-corrected chi connectivity index (χ4v) is 3.42. The number of benzene rings is 2. The minimum absolute atomic E-state index is 0.0557. The number of carbonyl (C=O) groups excluding carboxylic acids is 1. The molecule has 1 fully saturated rings. The van der Waals surface area contributed by atoms with E-state index in [1.54, 1.807) is 23.4 Å². The Hall–Kier alpha value is -3.06. The minimum atomic E-state index is -0.362. The van der Waals surface area contributed by atoms with Gasteiger partial charge < -0.3 is 9.47 Å². The summed E-state index contributed by atoms with van der Waals surface area (Å²) in [5.74, 6) is -0.763. The molecular formula is C21H20F2N4O. The van der Waals surface area contributed by atoms with Gasteiger partial charge in [-0.3, -0.25) is 9.69 Å². The predicted octanol–water partition coefficient (Wildman–Crippen LogP) is 3.28. The first-order valence-corrected chi connectivity index (χ1v) is 9.06. The van der Waals surface area contributed by atoms with Crippen molar-refractivity contribution in [2.24, 2.45) is 0 Å². The lowest BCUT2D eigenvalue weighted by atomic mass is 10.1. The first-order valence-electron chi connectivity index (χ1n) is 9.06. The van der Waals surface area contributed by atoms with Crippen molar-refractivity contribution in [2.75, 3.05) is 26.7 Å². The number of nitrogens with zero attached hydrogens (tertiary/aromatic N) is 4. The molecule has 4 rings (SSSR count). The van der Waals surface area contributed by atoms with Gasteiger partial charge in [-0.1, -0.05) is 0 Å². The van der Waals surface area contributed by atoms with Crippen molar-refractivity contribution in [3.8, 4) is 5.69 Å². The van der Waals surface area contributed by atoms with E-state index in [1.165, 1.54) is 36.4 Å².